The molecule has 3 fully saturated rings. The van der Waals surface area contributed by atoms with Gasteiger partial charge in [0.15, 0.2) is 6.29 Å². The van der Waals surface area contributed by atoms with Gasteiger partial charge >= 0.3 is 12.4 Å². The summed E-state index contributed by atoms with van der Waals surface area (Å²) in [4.78, 5) is 2.47. The summed E-state index contributed by atoms with van der Waals surface area (Å²) in [5, 5.41) is 0. The van der Waals surface area contributed by atoms with Gasteiger partial charge in [-0.05, 0) is 94.8 Å². The van der Waals surface area contributed by atoms with Crippen LogP contribution < -0.4 is 0 Å². The van der Waals surface area contributed by atoms with E-state index in [0.717, 1.165) is 69.6 Å². The Hall–Kier alpha value is -2.14. The summed E-state index contributed by atoms with van der Waals surface area (Å²) in [5.74, 6) is -0.107. The quantitative estimate of drug-likeness (QED) is 0.313. The van der Waals surface area contributed by atoms with Crippen molar-refractivity contribution < 1.29 is 40.6 Å². The number of alkyl halides is 6. The summed E-state index contributed by atoms with van der Waals surface area (Å²) in [5.41, 5.74) is -1.91. The second kappa shape index (κ2) is 11.7. The first-order chi connectivity index (χ1) is 19.7. The molecule has 4 atom stereocenters. The molecular formula is C32H39F6NO3. The van der Waals surface area contributed by atoms with Crippen LogP contribution in [0.3, 0.4) is 0 Å². The van der Waals surface area contributed by atoms with Crippen molar-refractivity contribution in [2.24, 2.45) is 11.3 Å². The van der Waals surface area contributed by atoms with Gasteiger partial charge in [-0.3, -0.25) is 0 Å². The van der Waals surface area contributed by atoms with Crippen molar-refractivity contribution in [1.82, 2.24) is 4.90 Å². The van der Waals surface area contributed by atoms with Gasteiger partial charge in [0.2, 0.25) is 0 Å². The highest BCUT2D eigenvalue weighted by Crippen LogP contribution is 2.51. The zero-order valence-electron chi connectivity index (χ0n) is 24.2. The molecule has 232 valence electrons. The predicted octanol–water partition coefficient (Wildman–Crippen LogP) is 8.23. The number of halogens is 6. The molecule has 0 amide bonds. The van der Waals surface area contributed by atoms with Crippen LogP contribution in [0.4, 0.5) is 26.3 Å². The van der Waals surface area contributed by atoms with Crippen molar-refractivity contribution in [2.45, 2.75) is 82.7 Å². The maximum atomic E-state index is 13.5. The number of hydrogen-bond donors (Lipinski definition) is 0. The van der Waals surface area contributed by atoms with Crippen LogP contribution in [0.2, 0.25) is 0 Å². The number of benzene rings is 2. The van der Waals surface area contributed by atoms with Crippen LogP contribution in [0.1, 0.15) is 80.7 Å². The van der Waals surface area contributed by atoms with Gasteiger partial charge in [-0.15, -0.1) is 0 Å². The molecule has 0 N–H and O–H groups in total. The van der Waals surface area contributed by atoms with Crippen molar-refractivity contribution in [2.75, 3.05) is 32.8 Å². The van der Waals surface area contributed by atoms with Gasteiger partial charge < -0.3 is 19.1 Å². The summed E-state index contributed by atoms with van der Waals surface area (Å²) in [7, 11) is 0. The third-order valence-electron chi connectivity index (χ3n) is 9.80. The highest BCUT2D eigenvalue weighted by atomic mass is 19.4. The topological polar surface area (TPSA) is 30.9 Å². The fourth-order valence-electron chi connectivity index (χ4n) is 7.07. The van der Waals surface area contributed by atoms with Gasteiger partial charge in [0, 0.05) is 24.5 Å². The minimum Gasteiger partial charge on any atom is -0.375 e. The SMILES string of the molecule is C[C@@H](O[C@H]1OCCC(CN2CCC3(CCOC3(C)C)CC2)[C@@H]1c1ccccc1)c1cc(C(F)(F)F)cc(C(F)(F)F)c1. The van der Waals surface area contributed by atoms with E-state index in [0.29, 0.717) is 6.61 Å². The fraction of sp³-hybridized carbons (Fsp3) is 0.625. The van der Waals surface area contributed by atoms with Crippen molar-refractivity contribution in [1.29, 1.82) is 0 Å². The Bertz CT molecular complexity index is 1170. The molecule has 1 spiro atoms. The van der Waals surface area contributed by atoms with E-state index in [9.17, 15) is 26.3 Å². The minimum absolute atomic E-state index is 0.132. The Morgan fingerprint density at radius 1 is 0.905 bits per heavy atom. The lowest BCUT2D eigenvalue weighted by atomic mass is 9.67. The summed E-state index contributed by atoms with van der Waals surface area (Å²) in [6, 6.07) is 11.3. The van der Waals surface area contributed by atoms with E-state index >= 15 is 0 Å². The van der Waals surface area contributed by atoms with Crippen molar-refractivity contribution in [3.8, 4) is 0 Å². The number of rotatable bonds is 6. The predicted molar refractivity (Wildman–Crippen MR) is 146 cm³/mol. The van der Waals surface area contributed by atoms with E-state index in [1.54, 1.807) is 0 Å². The largest absolute Gasteiger partial charge is 0.416 e. The molecule has 4 nitrogen and oxygen atoms in total. The van der Waals surface area contributed by atoms with Crippen LogP contribution in [-0.4, -0.2) is 49.6 Å². The average molecular weight is 600 g/mol. The zero-order valence-corrected chi connectivity index (χ0v) is 24.2. The Labute approximate surface area is 243 Å². The molecule has 42 heavy (non-hydrogen) atoms. The van der Waals surface area contributed by atoms with Crippen LogP contribution in [0.15, 0.2) is 48.5 Å². The maximum Gasteiger partial charge on any atom is 0.416 e. The molecule has 2 aromatic carbocycles. The van der Waals surface area contributed by atoms with Gasteiger partial charge in [-0.25, -0.2) is 0 Å². The highest BCUT2D eigenvalue weighted by Gasteiger charge is 2.51. The number of hydrogen-bond acceptors (Lipinski definition) is 4. The number of piperidine rings is 1. The second-order valence-electron chi connectivity index (χ2n) is 12.5. The molecule has 3 heterocycles. The third kappa shape index (κ3) is 6.51. The molecule has 10 heteroatoms. The van der Waals surface area contributed by atoms with E-state index in [-0.39, 0.29) is 34.5 Å². The molecule has 2 aromatic rings. The number of ether oxygens (including phenoxy) is 3. The molecule has 3 aliphatic heterocycles. The third-order valence-corrected chi connectivity index (χ3v) is 9.80. The number of likely N-dealkylation sites (tertiary alicyclic amines) is 1. The van der Waals surface area contributed by atoms with Crippen LogP contribution in [-0.2, 0) is 26.6 Å². The molecular weight excluding hydrogens is 560 g/mol. The molecule has 0 radical (unpaired) electrons. The molecule has 0 aliphatic carbocycles. The van der Waals surface area contributed by atoms with Crippen molar-refractivity contribution in [3.63, 3.8) is 0 Å². The Kier molecular flexibility index (Phi) is 8.75. The average Bonchev–Trinajstić information content (AvgIpc) is 3.22. The second-order valence-corrected chi connectivity index (χ2v) is 12.5. The van der Waals surface area contributed by atoms with Gasteiger partial charge in [-0.1, -0.05) is 30.3 Å². The minimum atomic E-state index is -4.93. The van der Waals surface area contributed by atoms with Crippen LogP contribution in [0.5, 0.6) is 0 Å². The monoisotopic (exact) mass is 599 g/mol. The first-order valence-corrected chi connectivity index (χ1v) is 14.7. The fourth-order valence-corrected chi connectivity index (χ4v) is 7.07. The summed E-state index contributed by atoms with van der Waals surface area (Å²) in [6.45, 7) is 9.71. The van der Waals surface area contributed by atoms with E-state index in [1.807, 2.05) is 30.3 Å². The lowest BCUT2D eigenvalue weighted by Gasteiger charge is -2.48. The van der Waals surface area contributed by atoms with Crippen molar-refractivity contribution in [3.05, 3.63) is 70.8 Å². The molecule has 1 unspecified atom stereocenters. The maximum absolute atomic E-state index is 13.5. The Morgan fingerprint density at radius 3 is 2.07 bits per heavy atom. The Morgan fingerprint density at radius 2 is 1.52 bits per heavy atom. The van der Waals surface area contributed by atoms with Crippen LogP contribution in [0, 0.1) is 11.3 Å². The smallest absolute Gasteiger partial charge is 0.375 e. The van der Waals surface area contributed by atoms with Gasteiger partial charge in [-0.2, -0.15) is 26.3 Å². The Balaban J connectivity index is 1.36. The van der Waals surface area contributed by atoms with Crippen LogP contribution in [0.25, 0.3) is 0 Å². The molecule has 0 aromatic heterocycles. The molecule has 0 bridgehead atoms. The molecule has 3 aliphatic rings. The normalized spacial score (nSPS) is 27.3. The molecule has 0 saturated carbocycles. The lowest BCUT2D eigenvalue weighted by Crippen LogP contribution is -2.50. The number of nitrogens with zero attached hydrogens (tertiary/aromatic N) is 1. The summed E-state index contributed by atoms with van der Waals surface area (Å²) < 4.78 is 99.4. The summed E-state index contributed by atoms with van der Waals surface area (Å²) in [6.07, 6.45) is -7.82. The zero-order chi connectivity index (χ0) is 30.3. The van der Waals surface area contributed by atoms with Crippen LogP contribution >= 0.6 is 0 Å². The van der Waals surface area contributed by atoms with E-state index < -0.39 is 35.9 Å². The van der Waals surface area contributed by atoms with Crippen molar-refractivity contribution >= 4 is 0 Å². The first kappa shape index (κ1) is 31.3. The van der Waals surface area contributed by atoms with E-state index in [1.165, 1.54) is 6.92 Å². The van der Waals surface area contributed by atoms with Gasteiger partial charge in [0.05, 0.1) is 29.4 Å². The summed E-state index contributed by atoms with van der Waals surface area (Å²) >= 11 is 0. The van der Waals surface area contributed by atoms with E-state index in [2.05, 4.69) is 18.7 Å². The molecule has 3 saturated heterocycles. The highest BCUT2D eigenvalue weighted by molar-refractivity contribution is 5.35. The standard InChI is InChI=1S/C32H39F6NO3/c1-21(24-17-25(31(33,34)35)19-26(18-24)32(36,37)38)42-28-27(22-7-5-4-6-8-22)23(9-15-40-28)20-39-13-10-30(11-14-39)12-16-41-29(30,2)3/h4-8,17-19,21,23,27-28H,9-16,20H2,1-3H3/t21-,23?,27+,28-/m1/s1. The lowest BCUT2D eigenvalue weighted by molar-refractivity contribution is -0.211. The van der Waals surface area contributed by atoms with Gasteiger partial charge in [0.25, 0.3) is 0 Å². The van der Waals surface area contributed by atoms with E-state index in [4.69, 9.17) is 14.2 Å². The molecule has 5 rings (SSSR count). The van der Waals surface area contributed by atoms with Gasteiger partial charge in [0.1, 0.15) is 0 Å². The first-order valence-electron chi connectivity index (χ1n) is 14.7.